The Labute approximate surface area is 191 Å². The maximum atomic E-state index is 5.84. The van der Waals surface area contributed by atoms with Crippen LogP contribution in [-0.2, 0) is 37.9 Å². The lowest BCUT2D eigenvalue weighted by Gasteiger charge is -2.33. The highest BCUT2D eigenvalue weighted by Crippen LogP contribution is 2.21. The fraction of sp³-hybridized carbons (Fsp3) is 1.00. The van der Waals surface area contributed by atoms with Gasteiger partial charge in [0.15, 0.2) is 0 Å². The summed E-state index contributed by atoms with van der Waals surface area (Å²) in [6, 6.07) is 0. The standard InChI is InChI=1S/C18H38O8S3/c1-2-19-3-4-20-11-18(12-21-5-8-24-15-27,13-22-6-9-25-16-28)14-23-7-10-26-17-29/h27-29H,2-17H2,1H3. The molecule has 0 aliphatic heterocycles. The van der Waals surface area contributed by atoms with E-state index in [0.29, 0.717) is 104 Å². The first-order valence-electron chi connectivity index (χ1n) is 9.69. The zero-order valence-electron chi connectivity index (χ0n) is 17.4. The van der Waals surface area contributed by atoms with E-state index in [-0.39, 0.29) is 0 Å². The number of thiol groups is 3. The maximum Gasteiger partial charge on any atom is 0.0893 e. The first kappa shape index (κ1) is 29.7. The molecule has 0 amide bonds. The first-order chi connectivity index (χ1) is 14.2. The molecule has 0 atom stereocenters. The van der Waals surface area contributed by atoms with Crippen LogP contribution in [-0.4, -0.2) is 104 Å². The van der Waals surface area contributed by atoms with E-state index < -0.39 is 5.41 Å². The summed E-state index contributed by atoms with van der Waals surface area (Å²) in [4.78, 5) is 0. The van der Waals surface area contributed by atoms with Crippen molar-refractivity contribution < 1.29 is 37.9 Å². The molecule has 0 aliphatic rings. The molecule has 0 bridgehead atoms. The molecule has 0 fully saturated rings. The molecule has 0 aliphatic carbocycles. The van der Waals surface area contributed by atoms with Crippen LogP contribution >= 0.6 is 37.9 Å². The van der Waals surface area contributed by atoms with Gasteiger partial charge in [-0.05, 0) is 6.92 Å². The number of hydrogen-bond donors (Lipinski definition) is 3. The predicted molar refractivity (Wildman–Crippen MR) is 122 cm³/mol. The molecule has 29 heavy (non-hydrogen) atoms. The number of ether oxygens (including phenoxy) is 8. The van der Waals surface area contributed by atoms with Crippen LogP contribution in [0.5, 0.6) is 0 Å². The molecule has 0 saturated carbocycles. The van der Waals surface area contributed by atoms with Crippen molar-refractivity contribution in [1.29, 1.82) is 0 Å². The van der Waals surface area contributed by atoms with Crippen LogP contribution in [0.3, 0.4) is 0 Å². The zero-order valence-corrected chi connectivity index (χ0v) is 20.1. The Hall–Kier alpha value is 0.730. The Morgan fingerprint density at radius 1 is 0.448 bits per heavy atom. The van der Waals surface area contributed by atoms with Crippen molar-refractivity contribution in [2.75, 3.05) is 104 Å². The first-order valence-corrected chi connectivity index (χ1v) is 11.6. The summed E-state index contributed by atoms with van der Waals surface area (Å²) in [5.74, 6) is 1.08. The van der Waals surface area contributed by atoms with Crippen molar-refractivity contribution in [3.8, 4) is 0 Å². The molecule has 0 rings (SSSR count). The van der Waals surface area contributed by atoms with Gasteiger partial charge < -0.3 is 37.9 Å². The quantitative estimate of drug-likeness (QED) is 0.110. The molecule has 0 saturated heterocycles. The van der Waals surface area contributed by atoms with E-state index in [0.717, 1.165) is 0 Å². The van der Waals surface area contributed by atoms with Crippen molar-refractivity contribution >= 4 is 37.9 Å². The van der Waals surface area contributed by atoms with Crippen molar-refractivity contribution in [2.45, 2.75) is 6.92 Å². The van der Waals surface area contributed by atoms with E-state index in [9.17, 15) is 0 Å². The van der Waals surface area contributed by atoms with Gasteiger partial charge >= 0.3 is 0 Å². The van der Waals surface area contributed by atoms with Crippen LogP contribution in [0.25, 0.3) is 0 Å². The van der Waals surface area contributed by atoms with Crippen LogP contribution in [0.4, 0.5) is 0 Å². The maximum absolute atomic E-state index is 5.84. The Balaban J connectivity index is 4.69. The topological polar surface area (TPSA) is 73.8 Å². The van der Waals surface area contributed by atoms with E-state index in [4.69, 9.17) is 37.9 Å². The summed E-state index contributed by atoms with van der Waals surface area (Å²) >= 11 is 12.1. The lowest BCUT2D eigenvalue weighted by atomic mass is 9.92. The number of rotatable bonds is 24. The third kappa shape index (κ3) is 19.2. The zero-order chi connectivity index (χ0) is 21.5. The molecular weight excluding hydrogens is 440 g/mol. The monoisotopic (exact) mass is 478 g/mol. The molecule has 0 aromatic rings. The van der Waals surface area contributed by atoms with Gasteiger partial charge in [0, 0.05) is 6.61 Å². The molecule has 0 aromatic heterocycles. The summed E-state index contributed by atoms with van der Waals surface area (Å²) in [6.07, 6.45) is 0. The largest absolute Gasteiger partial charge is 0.379 e. The van der Waals surface area contributed by atoms with Crippen molar-refractivity contribution in [3.05, 3.63) is 0 Å². The fourth-order valence-electron chi connectivity index (χ4n) is 2.21. The van der Waals surface area contributed by atoms with E-state index in [1.54, 1.807) is 0 Å². The van der Waals surface area contributed by atoms with Gasteiger partial charge in [-0.15, -0.1) is 0 Å². The highest BCUT2D eigenvalue weighted by atomic mass is 32.1. The molecule has 0 spiro atoms. The lowest BCUT2D eigenvalue weighted by molar-refractivity contribution is -0.119. The second-order valence-corrected chi connectivity index (χ2v) is 6.79. The molecule has 0 N–H and O–H groups in total. The van der Waals surface area contributed by atoms with E-state index in [1.807, 2.05) is 6.92 Å². The Morgan fingerprint density at radius 3 is 1.00 bits per heavy atom. The summed E-state index contributed by atoms with van der Waals surface area (Å²) in [6.45, 7) is 8.02. The minimum absolute atomic E-state index is 0.359. The molecule has 8 nitrogen and oxygen atoms in total. The lowest BCUT2D eigenvalue weighted by Crippen LogP contribution is -2.42. The summed E-state index contributed by atoms with van der Waals surface area (Å²) in [5.41, 5.74) is -0.477. The van der Waals surface area contributed by atoms with Gasteiger partial charge in [-0.3, -0.25) is 0 Å². The number of hydrogen-bond acceptors (Lipinski definition) is 11. The van der Waals surface area contributed by atoms with Crippen LogP contribution < -0.4 is 0 Å². The molecular formula is C18H38O8S3. The third-order valence-corrected chi connectivity index (χ3v) is 4.15. The van der Waals surface area contributed by atoms with Crippen LogP contribution in [0.1, 0.15) is 6.92 Å². The van der Waals surface area contributed by atoms with E-state index in [2.05, 4.69) is 37.9 Å². The second kappa shape index (κ2) is 23.4. The second-order valence-electron chi connectivity index (χ2n) is 6.02. The molecule has 0 unspecified atom stereocenters. The SMILES string of the molecule is CCOCCOCC(COCCOCS)(COCCOCS)COCCOCS. The smallest absolute Gasteiger partial charge is 0.0893 e. The van der Waals surface area contributed by atoms with Gasteiger partial charge in [0.2, 0.25) is 0 Å². The fourth-order valence-corrected chi connectivity index (χ4v) is 2.60. The van der Waals surface area contributed by atoms with E-state index >= 15 is 0 Å². The van der Waals surface area contributed by atoms with Crippen LogP contribution in [0.15, 0.2) is 0 Å². The van der Waals surface area contributed by atoms with Crippen LogP contribution in [0.2, 0.25) is 0 Å². The van der Waals surface area contributed by atoms with E-state index in [1.165, 1.54) is 0 Å². The van der Waals surface area contributed by atoms with Crippen LogP contribution in [0, 0.1) is 5.41 Å². The van der Waals surface area contributed by atoms with Gasteiger partial charge in [-0.2, -0.15) is 37.9 Å². The molecule has 0 aromatic carbocycles. The Bertz CT molecular complexity index is 268. The average Bonchev–Trinajstić information content (AvgIpc) is 2.73. The highest BCUT2D eigenvalue weighted by molar-refractivity contribution is 7.80. The minimum Gasteiger partial charge on any atom is -0.379 e. The van der Waals surface area contributed by atoms with Crippen molar-refractivity contribution in [3.63, 3.8) is 0 Å². The minimum atomic E-state index is -0.477. The molecule has 176 valence electrons. The predicted octanol–water partition coefficient (Wildman–Crippen LogP) is 1.79. The normalized spacial score (nSPS) is 12.0. The van der Waals surface area contributed by atoms with Crippen molar-refractivity contribution in [2.24, 2.45) is 5.41 Å². The average molecular weight is 479 g/mol. The third-order valence-electron chi connectivity index (χ3n) is 3.60. The summed E-state index contributed by atoms with van der Waals surface area (Å²) in [7, 11) is 0. The van der Waals surface area contributed by atoms with Gasteiger partial charge in [0.25, 0.3) is 0 Å². The summed E-state index contributed by atoms with van der Waals surface area (Å²) < 4.78 is 44.2. The van der Waals surface area contributed by atoms with Crippen molar-refractivity contribution in [1.82, 2.24) is 0 Å². The summed E-state index contributed by atoms with van der Waals surface area (Å²) in [5, 5.41) is 0. The van der Waals surface area contributed by atoms with Gasteiger partial charge in [-0.25, -0.2) is 0 Å². The Morgan fingerprint density at radius 2 is 0.724 bits per heavy atom. The highest BCUT2D eigenvalue weighted by Gasteiger charge is 2.32. The van der Waals surface area contributed by atoms with Gasteiger partial charge in [-0.1, -0.05) is 0 Å². The Kier molecular flexibility index (Phi) is 24.0. The molecule has 11 heteroatoms. The van der Waals surface area contributed by atoms with Gasteiger partial charge in [0.1, 0.15) is 0 Å². The van der Waals surface area contributed by atoms with Gasteiger partial charge in [0.05, 0.1) is 103 Å². The molecule has 0 radical (unpaired) electrons. The molecule has 0 heterocycles.